The molecule has 2 aromatic heterocycles. The second-order valence-corrected chi connectivity index (χ2v) is 4.82. The van der Waals surface area contributed by atoms with Crippen molar-refractivity contribution in [3.05, 3.63) is 66.9 Å². The fraction of sp³-hybridized carbons (Fsp3) is 0.118. The van der Waals surface area contributed by atoms with E-state index in [9.17, 15) is 0 Å². The lowest BCUT2D eigenvalue weighted by Gasteiger charge is -2.10. The Kier molecular flexibility index (Phi) is 3.25. The van der Waals surface area contributed by atoms with Gasteiger partial charge < -0.3 is 0 Å². The molecule has 3 aromatic rings. The summed E-state index contributed by atoms with van der Waals surface area (Å²) in [6, 6.07) is 12.6. The van der Waals surface area contributed by atoms with E-state index in [1.807, 2.05) is 18.5 Å². The van der Waals surface area contributed by atoms with Crippen LogP contribution in [-0.4, -0.2) is 9.97 Å². The van der Waals surface area contributed by atoms with Gasteiger partial charge in [0, 0.05) is 30.1 Å². The molecule has 0 spiro atoms. The third kappa shape index (κ3) is 2.18. The summed E-state index contributed by atoms with van der Waals surface area (Å²) in [6.07, 6.45) is 7.33. The molecule has 98 valence electrons. The highest BCUT2D eigenvalue weighted by molar-refractivity contribution is 5.82. The number of hydrogen-bond donors (Lipinski definition) is 0. The topological polar surface area (TPSA) is 29.7 Å². The maximum Gasteiger partial charge on any atom is 0.213 e. The maximum absolute atomic E-state index is 4.13. The van der Waals surface area contributed by atoms with Gasteiger partial charge in [-0.05, 0) is 24.1 Å². The van der Waals surface area contributed by atoms with Crippen LogP contribution in [0.15, 0.2) is 61.3 Å². The molecule has 0 aliphatic carbocycles. The lowest BCUT2D eigenvalue weighted by molar-refractivity contribution is -0.660. The van der Waals surface area contributed by atoms with E-state index >= 15 is 0 Å². The van der Waals surface area contributed by atoms with E-state index in [2.05, 4.69) is 65.0 Å². The Balaban J connectivity index is 2.29. The Morgan fingerprint density at radius 1 is 0.950 bits per heavy atom. The van der Waals surface area contributed by atoms with Gasteiger partial charge in [0.05, 0.1) is 5.56 Å². The molecule has 1 aromatic carbocycles. The summed E-state index contributed by atoms with van der Waals surface area (Å²) in [6.45, 7) is 2.13. The zero-order valence-corrected chi connectivity index (χ0v) is 11.6. The SMILES string of the molecule is Cc1cccc(-c2cncnc2)c1-c1cccc[n+]1C. The number of rotatable bonds is 2. The number of pyridine rings is 1. The normalized spacial score (nSPS) is 10.5. The third-order valence-electron chi connectivity index (χ3n) is 3.46. The Hall–Kier alpha value is -2.55. The standard InChI is InChI=1S/C17H16N3/c1-13-6-5-7-15(14-10-18-12-19-11-14)17(13)16-8-3-4-9-20(16)2/h3-12H,1-2H3/q+1. The number of hydrogen-bond acceptors (Lipinski definition) is 2. The summed E-state index contributed by atoms with van der Waals surface area (Å²) in [5, 5.41) is 0. The fourth-order valence-electron chi connectivity index (χ4n) is 2.47. The molecular formula is C17H16N3+. The summed E-state index contributed by atoms with van der Waals surface area (Å²) in [5.41, 5.74) is 5.85. The molecule has 0 N–H and O–H groups in total. The first-order valence-electron chi connectivity index (χ1n) is 6.57. The Bertz CT molecular complexity index is 736. The average Bonchev–Trinajstić information content (AvgIpc) is 2.49. The van der Waals surface area contributed by atoms with Crippen LogP contribution < -0.4 is 4.57 Å². The first-order chi connectivity index (χ1) is 9.77. The first kappa shape index (κ1) is 12.5. The van der Waals surface area contributed by atoms with Crippen molar-refractivity contribution in [1.82, 2.24) is 9.97 Å². The molecule has 0 aliphatic heterocycles. The predicted octanol–water partition coefficient (Wildman–Crippen LogP) is 2.94. The molecule has 0 saturated carbocycles. The molecule has 3 nitrogen and oxygen atoms in total. The van der Waals surface area contributed by atoms with Crippen molar-refractivity contribution in [2.45, 2.75) is 6.92 Å². The molecule has 0 bridgehead atoms. The Morgan fingerprint density at radius 3 is 2.50 bits per heavy atom. The number of benzene rings is 1. The number of aryl methyl sites for hydroxylation is 2. The van der Waals surface area contributed by atoms with Crippen LogP contribution in [0.2, 0.25) is 0 Å². The lowest BCUT2D eigenvalue weighted by Crippen LogP contribution is -2.30. The summed E-state index contributed by atoms with van der Waals surface area (Å²) in [4.78, 5) is 8.26. The highest BCUT2D eigenvalue weighted by Gasteiger charge is 2.17. The van der Waals surface area contributed by atoms with Gasteiger partial charge in [0.15, 0.2) is 6.20 Å². The summed E-state index contributed by atoms with van der Waals surface area (Å²) >= 11 is 0. The van der Waals surface area contributed by atoms with E-state index in [-0.39, 0.29) is 0 Å². The quantitative estimate of drug-likeness (QED) is 0.665. The molecule has 3 rings (SSSR count). The van der Waals surface area contributed by atoms with Crippen LogP contribution in [0.25, 0.3) is 22.4 Å². The van der Waals surface area contributed by atoms with Gasteiger partial charge in [0.1, 0.15) is 13.4 Å². The maximum atomic E-state index is 4.13. The summed E-state index contributed by atoms with van der Waals surface area (Å²) in [7, 11) is 2.06. The van der Waals surface area contributed by atoms with Gasteiger partial charge in [-0.25, -0.2) is 14.5 Å². The van der Waals surface area contributed by atoms with Crippen molar-refractivity contribution in [3.63, 3.8) is 0 Å². The van der Waals surface area contributed by atoms with Gasteiger partial charge in [-0.15, -0.1) is 0 Å². The number of aromatic nitrogens is 3. The lowest BCUT2D eigenvalue weighted by atomic mass is 9.95. The smallest absolute Gasteiger partial charge is 0.213 e. The van der Waals surface area contributed by atoms with Crippen molar-refractivity contribution in [2.24, 2.45) is 7.05 Å². The predicted molar refractivity (Wildman–Crippen MR) is 78.8 cm³/mol. The van der Waals surface area contributed by atoms with Crippen LogP contribution in [0, 0.1) is 6.92 Å². The van der Waals surface area contributed by atoms with Gasteiger partial charge in [-0.1, -0.05) is 18.2 Å². The van der Waals surface area contributed by atoms with Crippen molar-refractivity contribution in [3.8, 4) is 22.4 Å². The largest absolute Gasteiger partial charge is 0.244 e. The number of nitrogens with zero attached hydrogens (tertiary/aromatic N) is 3. The molecule has 0 fully saturated rings. The highest BCUT2D eigenvalue weighted by atomic mass is 14.9. The van der Waals surface area contributed by atoms with Crippen LogP contribution in [-0.2, 0) is 7.05 Å². The Morgan fingerprint density at radius 2 is 1.75 bits per heavy atom. The minimum atomic E-state index is 1.04. The van der Waals surface area contributed by atoms with Gasteiger partial charge in [-0.2, -0.15) is 0 Å². The molecule has 0 radical (unpaired) electrons. The van der Waals surface area contributed by atoms with Gasteiger partial charge >= 0.3 is 0 Å². The van der Waals surface area contributed by atoms with Crippen LogP contribution in [0.5, 0.6) is 0 Å². The van der Waals surface area contributed by atoms with Crippen LogP contribution in [0.1, 0.15) is 5.56 Å². The highest BCUT2D eigenvalue weighted by Crippen LogP contribution is 2.32. The van der Waals surface area contributed by atoms with Crippen molar-refractivity contribution in [2.75, 3.05) is 0 Å². The molecule has 0 atom stereocenters. The van der Waals surface area contributed by atoms with E-state index < -0.39 is 0 Å². The van der Waals surface area contributed by atoms with E-state index in [0.29, 0.717) is 0 Å². The summed E-state index contributed by atoms with van der Waals surface area (Å²) in [5.74, 6) is 0. The monoisotopic (exact) mass is 262 g/mol. The first-order valence-corrected chi connectivity index (χ1v) is 6.57. The van der Waals surface area contributed by atoms with Gasteiger partial charge in [-0.3, -0.25) is 0 Å². The second-order valence-electron chi connectivity index (χ2n) is 4.82. The van der Waals surface area contributed by atoms with Crippen molar-refractivity contribution >= 4 is 0 Å². The Labute approximate surface area is 118 Å². The van der Waals surface area contributed by atoms with Gasteiger partial charge in [0.25, 0.3) is 0 Å². The fourth-order valence-corrected chi connectivity index (χ4v) is 2.47. The minimum Gasteiger partial charge on any atom is -0.244 e. The minimum absolute atomic E-state index is 1.04. The van der Waals surface area contributed by atoms with E-state index in [1.54, 1.807) is 6.33 Å². The van der Waals surface area contributed by atoms with Crippen molar-refractivity contribution < 1.29 is 4.57 Å². The molecule has 2 heterocycles. The van der Waals surface area contributed by atoms with E-state index in [4.69, 9.17) is 0 Å². The molecule has 3 heteroatoms. The van der Waals surface area contributed by atoms with Crippen LogP contribution >= 0.6 is 0 Å². The second kappa shape index (κ2) is 5.21. The molecular weight excluding hydrogens is 246 g/mol. The zero-order chi connectivity index (χ0) is 13.9. The molecule has 0 unspecified atom stereocenters. The third-order valence-corrected chi connectivity index (χ3v) is 3.46. The molecule has 0 amide bonds. The van der Waals surface area contributed by atoms with E-state index in [1.165, 1.54) is 16.8 Å². The molecule has 0 aliphatic rings. The van der Waals surface area contributed by atoms with Crippen LogP contribution in [0.4, 0.5) is 0 Å². The van der Waals surface area contributed by atoms with Crippen LogP contribution in [0.3, 0.4) is 0 Å². The van der Waals surface area contributed by atoms with E-state index in [0.717, 1.165) is 11.1 Å². The zero-order valence-electron chi connectivity index (χ0n) is 11.6. The summed E-state index contributed by atoms with van der Waals surface area (Å²) < 4.78 is 2.13. The average molecular weight is 262 g/mol. The van der Waals surface area contributed by atoms with Gasteiger partial charge in [0.2, 0.25) is 5.69 Å². The molecule has 20 heavy (non-hydrogen) atoms. The molecule has 0 saturated heterocycles. The van der Waals surface area contributed by atoms with Crippen molar-refractivity contribution in [1.29, 1.82) is 0 Å².